The molecule has 1 aromatic carbocycles. The van der Waals surface area contributed by atoms with Crippen molar-refractivity contribution in [2.75, 3.05) is 69.7 Å². The largest absolute Gasteiger partial charge is 0.399 e. The molecule has 0 aromatic heterocycles. The number of hydrogen-bond donors (Lipinski definition) is 1. The molecule has 0 saturated carbocycles. The van der Waals surface area contributed by atoms with Gasteiger partial charge in [0.1, 0.15) is 5.82 Å². The first-order chi connectivity index (χ1) is 12.7. The van der Waals surface area contributed by atoms with E-state index in [1.54, 1.807) is 6.07 Å². The van der Waals surface area contributed by atoms with Crippen molar-refractivity contribution in [1.29, 1.82) is 0 Å². The molecule has 0 amide bonds. The molecule has 2 aliphatic heterocycles. The van der Waals surface area contributed by atoms with E-state index in [0.717, 1.165) is 71.9 Å². The Morgan fingerprint density at radius 3 is 2.54 bits per heavy atom. The summed E-state index contributed by atoms with van der Waals surface area (Å²) in [6.45, 7) is 11.3. The number of anilines is 2. The number of hydrogen-bond acceptors (Lipinski definition) is 5. The van der Waals surface area contributed by atoms with E-state index in [9.17, 15) is 4.39 Å². The zero-order valence-corrected chi connectivity index (χ0v) is 16.0. The highest BCUT2D eigenvalue weighted by atomic mass is 19.1. The van der Waals surface area contributed by atoms with Crippen LogP contribution in [0.5, 0.6) is 0 Å². The van der Waals surface area contributed by atoms with Crippen molar-refractivity contribution >= 4 is 11.4 Å². The number of ether oxygens (including phenoxy) is 1. The summed E-state index contributed by atoms with van der Waals surface area (Å²) in [5.74, 6) is -0.207. The van der Waals surface area contributed by atoms with Crippen LogP contribution in [0, 0.1) is 5.82 Å². The van der Waals surface area contributed by atoms with Crippen molar-refractivity contribution in [1.82, 2.24) is 9.80 Å². The molecule has 5 nitrogen and oxygen atoms in total. The van der Waals surface area contributed by atoms with Crippen molar-refractivity contribution in [2.24, 2.45) is 0 Å². The first-order valence-corrected chi connectivity index (χ1v) is 10.0. The Bertz CT molecular complexity index is 557. The van der Waals surface area contributed by atoms with E-state index in [0.29, 0.717) is 17.4 Å². The third-order valence-electron chi connectivity index (χ3n) is 5.61. The van der Waals surface area contributed by atoms with E-state index in [4.69, 9.17) is 10.5 Å². The molecule has 26 heavy (non-hydrogen) atoms. The minimum Gasteiger partial charge on any atom is -0.399 e. The van der Waals surface area contributed by atoms with Gasteiger partial charge in [0, 0.05) is 51.0 Å². The predicted molar refractivity (Wildman–Crippen MR) is 105 cm³/mol. The second-order valence-electron chi connectivity index (χ2n) is 7.42. The zero-order valence-electron chi connectivity index (χ0n) is 16.0. The molecule has 3 rings (SSSR count). The maximum Gasteiger partial charge on any atom is 0.148 e. The Hall–Kier alpha value is -1.37. The van der Waals surface area contributed by atoms with Crippen molar-refractivity contribution in [3.8, 4) is 0 Å². The van der Waals surface area contributed by atoms with Crippen LogP contribution >= 0.6 is 0 Å². The van der Waals surface area contributed by atoms with E-state index in [1.807, 2.05) is 6.07 Å². The number of nitrogens with two attached hydrogens (primary N) is 1. The van der Waals surface area contributed by atoms with Gasteiger partial charge >= 0.3 is 0 Å². The van der Waals surface area contributed by atoms with Crippen LogP contribution in [0.1, 0.15) is 26.2 Å². The lowest BCUT2D eigenvalue weighted by molar-refractivity contribution is 0.0298. The second kappa shape index (κ2) is 9.53. The van der Waals surface area contributed by atoms with Gasteiger partial charge < -0.3 is 15.4 Å². The second-order valence-corrected chi connectivity index (χ2v) is 7.42. The number of nitrogens with zero attached hydrogens (tertiary/aromatic N) is 3. The van der Waals surface area contributed by atoms with Gasteiger partial charge in [0.05, 0.1) is 18.9 Å². The molecule has 1 aromatic rings. The standard InChI is InChI=1S/C20H33FN4O/c1-2-7-24(11-10-23-12-14-26-15-13-23)18-5-8-25(9-6-18)20-4-3-17(22)16-19(20)21/h3-4,16,18H,2,5-15,22H2,1H3. The molecule has 0 radical (unpaired) electrons. The first-order valence-electron chi connectivity index (χ1n) is 10.0. The van der Waals surface area contributed by atoms with Crippen LogP contribution in [0.15, 0.2) is 18.2 Å². The van der Waals surface area contributed by atoms with Crippen LogP contribution in [0.2, 0.25) is 0 Å². The van der Waals surface area contributed by atoms with Gasteiger partial charge in [0.2, 0.25) is 0 Å². The van der Waals surface area contributed by atoms with Gasteiger partial charge in [-0.25, -0.2) is 4.39 Å². The summed E-state index contributed by atoms with van der Waals surface area (Å²) in [5.41, 5.74) is 6.84. The summed E-state index contributed by atoms with van der Waals surface area (Å²) in [6, 6.07) is 5.63. The number of rotatable bonds is 7. The summed E-state index contributed by atoms with van der Waals surface area (Å²) < 4.78 is 19.6. The molecular weight excluding hydrogens is 331 g/mol. The van der Waals surface area contributed by atoms with Gasteiger partial charge in [0.15, 0.2) is 0 Å². The lowest BCUT2D eigenvalue weighted by Crippen LogP contribution is -2.48. The van der Waals surface area contributed by atoms with Gasteiger partial charge in [-0.1, -0.05) is 6.92 Å². The molecule has 2 heterocycles. The molecule has 0 aliphatic carbocycles. The van der Waals surface area contributed by atoms with Crippen LogP contribution in [-0.2, 0) is 4.74 Å². The van der Waals surface area contributed by atoms with E-state index in [-0.39, 0.29) is 5.82 Å². The van der Waals surface area contributed by atoms with E-state index < -0.39 is 0 Å². The molecular formula is C20H33FN4O. The van der Waals surface area contributed by atoms with Crippen molar-refractivity contribution in [2.45, 2.75) is 32.2 Å². The van der Waals surface area contributed by atoms with Gasteiger partial charge in [0.25, 0.3) is 0 Å². The molecule has 0 atom stereocenters. The van der Waals surface area contributed by atoms with Crippen molar-refractivity contribution < 1.29 is 9.13 Å². The lowest BCUT2D eigenvalue weighted by Gasteiger charge is -2.40. The normalized spacial score (nSPS) is 20.0. The monoisotopic (exact) mass is 364 g/mol. The maximum absolute atomic E-state index is 14.2. The van der Waals surface area contributed by atoms with Crippen LogP contribution in [0.25, 0.3) is 0 Å². The van der Waals surface area contributed by atoms with Gasteiger partial charge in [-0.3, -0.25) is 9.80 Å². The Kier molecular flexibility index (Phi) is 7.11. The van der Waals surface area contributed by atoms with Gasteiger partial charge in [-0.05, 0) is 44.0 Å². The molecule has 0 unspecified atom stereocenters. The average Bonchev–Trinajstić information content (AvgIpc) is 2.66. The summed E-state index contributed by atoms with van der Waals surface area (Å²) in [6.07, 6.45) is 3.36. The summed E-state index contributed by atoms with van der Waals surface area (Å²) in [5, 5.41) is 0. The van der Waals surface area contributed by atoms with Crippen molar-refractivity contribution in [3.63, 3.8) is 0 Å². The maximum atomic E-state index is 14.2. The highest BCUT2D eigenvalue weighted by molar-refractivity contribution is 5.54. The first kappa shape index (κ1) is 19.4. The topological polar surface area (TPSA) is 45.0 Å². The van der Waals surface area contributed by atoms with Crippen LogP contribution in [0.3, 0.4) is 0 Å². The predicted octanol–water partition coefficient (Wildman–Crippen LogP) is 2.42. The molecule has 2 N–H and O–H groups in total. The third kappa shape index (κ3) is 5.09. The highest BCUT2D eigenvalue weighted by Gasteiger charge is 2.26. The smallest absolute Gasteiger partial charge is 0.148 e. The lowest BCUT2D eigenvalue weighted by atomic mass is 10.0. The van der Waals surface area contributed by atoms with E-state index in [2.05, 4.69) is 21.6 Å². The SMILES string of the molecule is CCCN(CCN1CCOCC1)C1CCN(c2ccc(N)cc2F)CC1. The number of nitrogen functional groups attached to an aromatic ring is 1. The summed E-state index contributed by atoms with van der Waals surface area (Å²) in [4.78, 5) is 7.31. The van der Waals surface area contributed by atoms with Crippen LogP contribution in [0.4, 0.5) is 15.8 Å². The Labute approximate surface area is 156 Å². The number of morpholine rings is 1. The summed E-state index contributed by atoms with van der Waals surface area (Å²) >= 11 is 0. The highest BCUT2D eigenvalue weighted by Crippen LogP contribution is 2.26. The molecule has 146 valence electrons. The average molecular weight is 365 g/mol. The van der Waals surface area contributed by atoms with Crippen molar-refractivity contribution in [3.05, 3.63) is 24.0 Å². The van der Waals surface area contributed by atoms with E-state index >= 15 is 0 Å². The number of piperidine rings is 1. The summed E-state index contributed by atoms with van der Waals surface area (Å²) in [7, 11) is 0. The molecule has 6 heteroatoms. The Balaban J connectivity index is 1.52. The Morgan fingerprint density at radius 2 is 1.88 bits per heavy atom. The fraction of sp³-hybridized carbons (Fsp3) is 0.700. The minimum absolute atomic E-state index is 0.207. The quantitative estimate of drug-likeness (QED) is 0.753. The fourth-order valence-electron chi connectivity index (χ4n) is 4.11. The van der Waals surface area contributed by atoms with Gasteiger partial charge in [-0.2, -0.15) is 0 Å². The van der Waals surface area contributed by atoms with Crippen LogP contribution < -0.4 is 10.6 Å². The molecule has 2 fully saturated rings. The number of benzene rings is 1. The number of halogens is 1. The third-order valence-corrected chi connectivity index (χ3v) is 5.61. The minimum atomic E-state index is -0.207. The zero-order chi connectivity index (χ0) is 18.4. The Morgan fingerprint density at radius 1 is 1.15 bits per heavy atom. The molecule has 0 spiro atoms. The molecule has 0 bridgehead atoms. The van der Waals surface area contributed by atoms with Crippen LogP contribution in [-0.4, -0.2) is 74.9 Å². The van der Waals surface area contributed by atoms with E-state index in [1.165, 1.54) is 12.5 Å². The molecule has 2 aliphatic rings. The fourth-order valence-corrected chi connectivity index (χ4v) is 4.11. The molecule has 2 saturated heterocycles. The van der Waals surface area contributed by atoms with Gasteiger partial charge in [-0.15, -0.1) is 0 Å².